The van der Waals surface area contributed by atoms with Gasteiger partial charge in [-0.1, -0.05) is 30.0 Å². The molecule has 0 aromatic heterocycles. The Morgan fingerprint density at radius 1 is 1.00 bits per heavy atom. The van der Waals surface area contributed by atoms with Crippen LogP contribution in [0.1, 0.15) is 26.3 Å². The van der Waals surface area contributed by atoms with Gasteiger partial charge in [0.15, 0.2) is 5.17 Å². The molecule has 0 N–H and O–H groups in total. The number of ether oxygens (including phenoxy) is 2. The maximum Gasteiger partial charge on any atom is 0.242 e. The van der Waals surface area contributed by atoms with Gasteiger partial charge in [-0.3, -0.25) is 9.69 Å². The van der Waals surface area contributed by atoms with Gasteiger partial charge in [0.1, 0.15) is 11.5 Å². The lowest BCUT2D eigenvalue weighted by atomic mass is 10.1. The van der Waals surface area contributed by atoms with Gasteiger partial charge < -0.3 is 9.47 Å². The molecule has 1 saturated heterocycles. The van der Waals surface area contributed by atoms with Crippen LogP contribution in [-0.2, 0) is 11.2 Å². The Kier molecular flexibility index (Phi) is 6.98. The van der Waals surface area contributed by atoms with Crippen LogP contribution < -0.4 is 9.47 Å². The highest BCUT2D eigenvalue weighted by atomic mass is 32.2. The Morgan fingerprint density at radius 2 is 1.71 bits per heavy atom. The molecule has 0 aliphatic carbocycles. The number of benzene rings is 2. The second kappa shape index (κ2) is 9.64. The van der Waals surface area contributed by atoms with E-state index in [1.807, 2.05) is 69.3 Å². The number of nitrogens with zero attached hydrogens (tertiary/aromatic N) is 2. The summed E-state index contributed by atoms with van der Waals surface area (Å²) in [5.41, 5.74) is 1.86. The van der Waals surface area contributed by atoms with Crippen molar-refractivity contribution in [2.45, 2.75) is 32.4 Å². The van der Waals surface area contributed by atoms with E-state index in [2.05, 4.69) is 0 Å². The van der Waals surface area contributed by atoms with Gasteiger partial charge in [-0.15, -0.1) is 0 Å². The third-order valence-electron chi connectivity index (χ3n) is 4.39. The zero-order valence-corrected chi connectivity index (χ0v) is 17.4. The van der Waals surface area contributed by atoms with Crippen molar-refractivity contribution in [1.29, 1.82) is 0 Å². The van der Waals surface area contributed by atoms with Crippen molar-refractivity contribution in [3.63, 3.8) is 0 Å². The van der Waals surface area contributed by atoms with Gasteiger partial charge in [0.2, 0.25) is 5.91 Å². The molecule has 1 amide bonds. The number of carbonyl (C=O) groups is 1. The summed E-state index contributed by atoms with van der Waals surface area (Å²) in [5.74, 6) is 1.76. The van der Waals surface area contributed by atoms with Crippen LogP contribution in [0.3, 0.4) is 0 Å². The Bertz CT molecular complexity index is 836. The lowest BCUT2D eigenvalue weighted by Crippen LogP contribution is -2.32. The Hall–Kier alpha value is -2.47. The van der Waals surface area contributed by atoms with Crippen LogP contribution >= 0.6 is 11.8 Å². The van der Waals surface area contributed by atoms with E-state index in [1.165, 1.54) is 11.8 Å². The highest BCUT2D eigenvalue weighted by molar-refractivity contribution is 8.15. The van der Waals surface area contributed by atoms with Crippen LogP contribution in [0.2, 0.25) is 0 Å². The van der Waals surface area contributed by atoms with E-state index >= 15 is 0 Å². The van der Waals surface area contributed by atoms with Crippen molar-refractivity contribution in [3.8, 4) is 11.5 Å². The average Bonchev–Trinajstić information content (AvgIpc) is 2.99. The van der Waals surface area contributed by atoms with Crippen LogP contribution in [-0.4, -0.2) is 41.0 Å². The SMILES string of the molecule is CCOc1ccc(N=C2S[C@H](Cc3ccccc3OCC)C(=O)N2CC)cc1. The summed E-state index contributed by atoms with van der Waals surface area (Å²) in [6.45, 7) is 7.74. The van der Waals surface area contributed by atoms with Crippen LogP contribution in [0.4, 0.5) is 5.69 Å². The smallest absolute Gasteiger partial charge is 0.242 e. The van der Waals surface area contributed by atoms with E-state index in [1.54, 1.807) is 4.90 Å². The monoisotopic (exact) mass is 398 g/mol. The Morgan fingerprint density at radius 3 is 2.39 bits per heavy atom. The van der Waals surface area contributed by atoms with Gasteiger partial charge in [-0.05, 0) is 63.1 Å². The van der Waals surface area contributed by atoms with Crippen LogP contribution in [0.5, 0.6) is 11.5 Å². The van der Waals surface area contributed by atoms with Gasteiger partial charge in [-0.25, -0.2) is 4.99 Å². The zero-order chi connectivity index (χ0) is 19.9. The topological polar surface area (TPSA) is 51.1 Å². The number of hydrogen-bond donors (Lipinski definition) is 0. The summed E-state index contributed by atoms with van der Waals surface area (Å²) in [5, 5.41) is 0.554. The molecule has 6 heteroatoms. The molecule has 0 bridgehead atoms. The number of aliphatic imine (C=N–C) groups is 1. The van der Waals surface area contributed by atoms with Crippen molar-refractivity contribution in [2.24, 2.45) is 4.99 Å². The van der Waals surface area contributed by atoms with E-state index in [9.17, 15) is 4.79 Å². The molecule has 1 fully saturated rings. The van der Waals surface area contributed by atoms with Crippen molar-refractivity contribution in [3.05, 3.63) is 54.1 Å². The molecule has 1 heterocycles. The Labute approximate surface area is 170 Å². The molecule has 2 aromatic rings. The molecule has 1 aliphatic heterocycles. The van der Waals surface area contributed by atoms with Gasteiger partial charge >= 0.3 is 0 Å². The maximum atomic E-state index is 12.9. The molecule has 0 unspecified atom stereocenters. The predicted molar refractivity (Wildman–Crippen MR) is 115 cm³/mol. The molecule has 28 heavy (non-hydrogen) atoms. The fourth-order valence-corrected chi connectivity index (χ4v) is 4.33. The highest BCUT2D eigenvalue weighted by Gasteiger charge is 2.37. The number of para-hydroxylation sites is 1. The largest absolute Gasteiger partial charge is 0.494 e. The summed E-state index contributed by atoms with van der Waals surface area (Å²) >= 11 is 1.52. The van der Waals surface area contributed by atoms with E-state index in [0.717, 1.165) is 27.9 Å². The molecule has 1 atom stereocenters. The first-order valence-electron chi connectivity index (χ1n) is 9.66. The number of amidine groups is 1. The first-order chi connectivity index (χ1) is 13.7. The number of hydrogen-bond acceptors (Lipinski definition) is 5. The molecule has 0 radical (unpaired) electrons. The molecule has 148 valence electrons. The van der Waals surface area contributed by atoms with Crippen molar-refractivity contribution in [1.82, 2.24) is 4.90 Å². The summed E-state index contributed by atoms with van der Waals surface area (Å²) in [7, 11) is 0. The normalized spacial score (nSPS) is 18.0. The molecule has 0 saturated carbocycles. The molecule has 3 rings (SSSR count). The van der Waals surface area contributed by atoms with Gasteiger partial charge in [-0.2, -0.15) is 0 Å². The lowest BCUT2D eigenvalue weighted by Gasteiger charge is -2.14. The maximum absolute atomic E-state index is 12.9. The minimum atomic E-state index is -0.192. The molecule has 0 spiro atoms. The van der Waals surface area contributed by atoms with Gasteiger partial charge in [0.05, 0.1) is 24.2 Å². The third kappa shape index (κ3) is 4.68. The summed E-state index contributed by atoms with van der Waals surface area (Å²) < 4.78 is 11.2. The fraction of sp³-hybridized carbons (Fsp3) is 0.364. The minimum Gasteiger partial charge on any atom is -0.494 e. The van der Waals surface area contributed by atoms with Gasteiger partial charge in [0, 0.05) is 6.54 Å². The van der Waals surface area contributed by atoms with Crippen molar-refractivity contribution >= 4 is 28.5 Å². The third-order valence-corrected chi connectivity index (χ3v) is 5.56. The zero-order valence-electron chi connectivity index (χ0n) is 16.6. The van der Waals surface area contributed by atoms with Crippen molar-refractivity contribution < 1.29 is 14.3 Å². The second-order valence-electron chi connectivity index (χ2n) is 6.26. The summed E-state index contributed by atoms with van der Waals surface area (Å²) in [4.78, 5) is 19.4. The van der Waals surface area contributed by atoms with Crippen molar-refractivity contribution in [2.75, 3.05) is 19.8 Å². The van der Waals surface area contributed by atoms with Crippen LogP contribution in [0.25, 0.3) is 0 Å². The quantitative estimate of drug-likeness (QED) is 0.648. The highest BCUT2D eigenvalue weighted by Crippen LogP contribution is 2.33. The van der Waals surface area contributed by atoms with Crippen LogP contribution in [0, 0.1) is 0 Å². The van der Waals surface area contributed by atoms with Crippen LogP contribution in [0.15, 0.2) is 53.5 Å². The van der Waals surface area contributed by atoms with Gasteiger partial charge in [0.25, 0.3) is 0 Å². The average molecular weight is 399 g/mol. The fourth-order valence-electron chi connectivity index (χ4n) is 3.08. The summed E-state index contributed by atoms with van der Waals surface area (Å²) in [6, 6.07) is 15.5. The molecular weight excluding hydrogens is 372 g/mol. The van der Waals surface area contributed by atoms with E-state index < -0.39 is 0 Å². The molecular formula is C22H26N2O3S. The number of rotatable bonds is 8. The molecule has 2 aromatic carbocycles. The number of amides is 1. The van der Waals surface area contributed by atoms with E-state index in [0.29, 0.717) is 26.2 Å². The predicted octanol–water partition coefficient (Wildman–Crippen LogP) is 4.68. The number of thioether (sulfide) groups is 1. The lowest BCUT2D eigenvalue weighted by molar-refractivity contribution is -0.126. The number of carbonyl (C=O) groups excluding carboxylic acids is 1. The first kappa shape index (κ1) is 20.3. The van der Waals surface area contributed by atoms with E-state index in [4.69, 9.17) is 14.5 Å². The minimum absolute atomic E-state index is 0.100. The Balaban J connectivity index is 1.78. The summed E-state index contributed by atoms with van der Waals surface area (Å²) in [6.07, 6.45) is 0.623. The molecule has 1 aliphatic rings. The first-order valence-corrected chi connectivity index (χ1v) is 10.5. The standard InChI is InChI=1S/C22H26N2O3S/c1-4-24-21(25)20(15-16-9-7-8-10-19(16)27-6-3)28-22(24)23-17-11-13-18(14-12-17)26-5-2/h7-14,20H,4-6,15H2,1-3H3/t20-/m1/s1. The molecule has 5 nitrogen and oxygen atoms in total. The van der Waals surface area contributed by atoms with E-state index in [-0.39, 0.29) is 11.2 Å². The second-order valence-corrected chi connectivity index (χ2v) is 7.43.